The van der Waals surface area contributed by atoms with Crippen LogP contribution in [0, 0.1) is 0 Å². The second kappa shape index (κ2) is 10.4. The molecule has 0 aromatic heterocycles. The summed E-state index contributed by atoms with van der Waals surface area (Å²) in [7, 11) is 0. The first kappa shape index (κ1) is 13.9. The maximum absolute atomic E-state index is 9.44. The number of Topliss-reactive ketones (excluding diaryl/α,β-unsaturated/α-hetero) is 1. The maximum Gasteiger partial charge on any atom is 0.126 e. The molecule has 0 heterocycles. The number of carbonyl (C=O) groups is 2. The number of phenolic OH excluding ortho intramolecular Hbond substituents is 1. The fraction of sp³-hybridized carbons (Fsp3) is 0.200. The number of hydrogen-bond acceptors (Lipinski definition) is 3. The van der Waals surface area contributed by atoms with Gasteiger partial charge in [0, 0.05) is 0 Å². The molecular formula is C10H14O3. The first-order chi connectivity index (χ1) is 6.13. The molecule has 0 radical (unpaired) electrons. The van der Waals surface area contributed by atoms with E-state index >= 15 is 0 Å². The zero-order valence-electron chi connectivity index (χ0n) is 7.86. The number of hydrogen-bond donors (Lipinski definition) is 1. The van der Waals surface area contributed by atoms with E-state index in [0.717, 1.165) is 0 Å². The van der Waals surface area contributed by atoms with Crippen molar-refractivity contribution < 1.29 is 14.7 Å². The second-order valence-corrected chi connectivity index (χ2v) is 2.24. The Bertz CT molecular complexity index is 215. The fourth-order valence-corrected chi connectivity index (χ4v) is 0.428. The predicted molar refractivity (Wildman–Crippen MR) is 51.6 cm³/mol. The molecule has 72 valence electrons. The van der Waals surface area contributed by atoms with Crippen LogP contribution in [0.4, 0.5) is 0 Å². The third-order valence-electron chi connectivity index (χ3n) is 0.756. The highest BCUT2D eigenvalue weighted by atomic mass is 16.3. The maximum atomic E-state index is 9.44. The third-order valence-corrected chi connectivity index (χ3v) is 0.756. The molecule has 0 bridgehead atoms. The average Bonchev–Trinajstić information content (AvgIpc) is 2.08. The van der Waals surface area contributed by atoms with Crippen molar-refractivity contribution in [2.45, 2.75) is 13.8 Å². The van der Waals surface area contributed by atoms with Crippen molar-refractivity contribution >= 4 is 12.6 Å². The van der Waals surface area contributed by atoms with E-state index < -0.39 is 0 Å². The van der Waals surface area contributed by atoms with Gasteiger partial charge in [0.2, 0.25) is 0 Å². The molecular weight excluding hydrogens is 168 g/mol. The minimum atomic E-state index is 0.167. The van der Waals surface area contributed by atoms with Crippen molar-refractivity contribution in [2.75, 3.05) is 0 Å². The molecule has 1 aromatic carbocycles. The molecule has 0 aliphatic carbocycles. The minimum Gasteiger partial charge on any atom is -0.508 e. The van der Waals surface area contributed by atoms with Gasteiger partial charge in [0.1, 0.15) is 18.3 Å². The van der Waals surface area contributed by atoms with Gasteiger partial charge in [-0.25, -0.2) is 0 Å². The van der Waals surface area contributed by atoms with Crippen molar-refractivity contribution in [1.29, 1.82) is 0 Å². The molecule has 1 rings (SSSR count). The lowest BCUT2D eigenvalue weighted by Crippen LogP contribution is -1.69. The number of benzene rings is 1. The van der Waals surface area contributed by atoms with Gasteiger partial charge in [-0.1, -0.05) is 18.2 Å². The van der Waals surface area contributed by atoms with Crippen LogP contribution in [0.2, 0.25) is 0 Å². The van der Waals surface area contributed by atoms with Gasteiger partial charge in [-0.05, 0) is 26.0 Å². The number of phenols is 1. The molecule has 13 heavy (non-hydrogen) atoms. The summed E-state index contributed by atoms with van der Waals surface area (Å²) >= 11 is 0. The SMILES string of the molecule is C=O.CC(C)=O.Oc1ccccc1. The molecule has 0 saturated heterocycles. The van der Waals surface area contributed by atoms with Crippen molar-refractivity contribution in [1.82, 2.24) is 0 Å². The van der Waals surface area contributed by atoms with Crippen LogP contribution < -0.4 is 0 Å². The Labute approximate surface area is 78.0 Å². The highest BCUT2D eigenvalue weighted by Gasteiger charge is 1.74. The van der Waals surface area contributed by atoms with E-state index in [4.69, 9.17) is 9.90 Å². The number of para-hydroxylation sites is 1. The Morgan fingerprint density at radius 1 is 1.15 bits per heavy atom. The Balaban J connectivity index is 0. The van der Waals surface area contributed by atoms with Crippen LogP contribution in [-0.2, 0) is 9.59 Å². The van der Waals surface area contributed by atoms with E-state index in [1.54, 1.807) is 24.3 Å². The van der Waals surface area contributed by atoms with Gasteiger partial charge in [-0.2, -0.15) is 0 Å². The molecule has 0 unspecified atom stereocenters. The summed E-state index contributed by atoms with van der Waals surface area (Å²) in [5.74, 6) is 0.488. The highest BCUT2D eigenvalue weighted by Crippen LogP contribution is 2.02. The largest absolute Gasteiger partial charge is 0.508 e. The zero-order valence-corrected chi connectivity index (χ0v) is 7.86. The van der Waals surface area contributed by atoms with Gasteiger partial charge < -0.3 is 14.7 Å². The molecule has 0 fully saturated rings. The normalized spacial score (nSPS) is 6.92. The number of aromatic hydroxyl groups is 1. The topological polar surface area (TPSA) is 54.4 Å². The van der Waals surface area contributed by atoms with Crippen LogP contribution in [0.25, 0.3) is 0 Å². The van der Waals surface area contributed by atoms with Crippen molar-refractivity contribution in [2.24, 2.45) is 0 Å². The lowest BCUT2D eigenvalue weighted by Gasteiger charge is -1.82. The monoisotopic (exact) mass is 182 g/mol. The summed E-state index contributed by atoms with van der Waals surface area (Å²) in [5.41, 5.74) is 0. The summed E-state index contributed by atoms with van der Waals surface area (Å²) < 4.78 is 0. The average molecular weight is 182 g/mol. The highest BCUT2D eigenvalue weighted by molar-refractivity contribution is 5.72. The van der Waals surface area contributed by atoms with E-state index in [9.17, 15) is 4.79 Å². The van der Waals surface area contributed by atoms with E-state index in [1.165, 1.54) is 13.8 Å². The van der Waals surface area contributed by atoms with Crippen LogP contribution in [0.5, 0.6) is 5.75 Å². The molecule has 3 nitrogen and oxygen atoms in total. The molecule has 0 saturated carbocycles. The molecule has 0 spiro atoms. The van der Waals surface area contributed by atoms with E-state index in [0.29, 0.717) is 5.75 Å². The smallest absolute Gasteiger partial charge is 0.126 e. The molecule has 0 aliphatic rings. The third kappa shape index (κ3) is 17.9. The van der Waals surface area contributed by atoms with Crippen LogP contribution in [-0.4, -0.2) is 17.7 Å². The first-order valence-corrected chi connectivity index (χ1v) is 3.63. The van der Waals surface area contributed by atoms with Crippen LogP contribution in [0.3, 0.4) is 0 Å². The standard InChI is InChI=1S/C6H6O.C3H6O.CH2O/c7-6-4-2-1-3-5-6;1-3(2)4;1-2/h1-5,7H;1-2H3;1H2. The van der Waals surface area contributed by atoms with Gasteiger partial charge >= 0.3 is 0 Å². The van der Waals surface area contributed by atoms with Crippen molar-refractivity contribution in [3.63, 3.8) is 0 Å². The predicted octanol–water partition coefficient (Wildman–Crippen LogP) is 1.80. The van der Waals surface area contributed by atoms with Crippen LogP contribution in [0.1, 0.15) is 13.8 Å². The van der Waals surface area contributed by atoms with Gasteiger partial charge in [0.15, 0.2) is 0 Å². The quantitative estimate of drug-likeness (QED) is 0.665. The summed E-state index contributed by atoms with van der Waals surface area (Å²) in [4.78, 5) is 17.4. The van der Waals surface area contributed by atoms with E-state index in [1.807, 2.05) is 12.9 Å². The lowest BCUT2D eigenvalue weighted by atomic mass is 10.3. The molecule has 0 aliphatic heterocycles. The Kier molecular flexibility index (Phi) is 11.1. The Hall–Kier alpha value is -1.64. The van der Waals surface area contributed by atoms with E-state index in [-0.39, 0.29) is 5.78 Å². The van der Waals surface area contributed by atoms with Gasteiger partial charge in [0.25, 0.3) is 0 Å². The van der Waals surface area contributed by atoms with Crippen LogP contribution in [0.15, 0.2) is 30.3 Å². The van der Waals surface area contributed by atoms with Crippen molar-refractivity contribution in [3.05, 3.63) is 30.3 Å². The first-order valence-electron chi connectivity index (χ1n) is 3.63. The minimum absolute atomic E-state index is 0.167. The second-order valence-electron chi connectivity index (χ2n) is 2.24. The fourth-order valence-electron chi connectivity index (χ4n) is 0.428. The Morgan fingerprint density at radius 3 is 1.62 bits per heavy atom. The number of ketones is 1. The zero-order chi connectivity index (χ0) is 10.7. The van der Waals surface area contributed by atoms with Gasteiger partial charge in [0.05, 0.1) is 0 Å². The number of rotatable bonds is 0. The molecule has 1 N–H and O–H groups in total. The summed E-state index contributed by atoms with van der Waals surface area (Å²) in [5, 5.41) is 8.63. The Morgan fingerprint density at radius 2 is 1.46 bits per heavy atom. The van der Waals surface area contributed by atoms with Gasteiger partial charge in [-0.3, -0.25) is 0 Å². The lowest BCUT2D eigenvalue weighted by molar-refractivity contribution is -0.115. The molecule has 0 amide bonds. The molecule has 1 aromatic rings. The summed E-state index contributed by atoms with van der Waals surface area (Å²) in [6.45, 7) is 5.06. The number of carbonyl (C=O) groups excluding carboxylic acids is 2. The van der Waals surface area contributed by atoms with Gasteiger partial charge in [-0.15, -0.1) is 0 Å². The molecule has 0 atom stereocenters. The van der Waals surface area contributed by atoms with E-state index in [2.05, 4.69) is 0 Å². The molecule has 3 heteroatoms. The summed E-state index contributed by atoms with van der Waals surface area (Å²) in [6, 6.07) is 8.71. The summed E-state index contributed by atoms with van der Waals surface area (Å²) in [6.07, 6.45) is 0. The van der Waals surface area contributed by atoms with Crippen molar-refractivity contribution in [3.8, 4) is 5.75 Å². The van der Waals surface area contributed by atoms with Crippen LogP contribution >= 0.6 is 0 Å².